The molecular weight excluding hydrogens is 408 g/mol. The van der Waals surface area contributed by atoms with Crippen LogP contribution in [0.2, 0.25) is 5.02 Å². The lowest BCUT2D eigenvalue weighted by Gasteiger charge is -2.35. The monoisotopic (exact) mass is 448 g/mol. The van der Waals surface area contributed by atoms with Gasteiger partial charge in [0.2, 0.25) is 0 Å². The molecule has 0 bridgehead atoms. The van der Waals surface area contributed by atoms with Gasteiger partial charge in [0.05, 0.1) is 0 Å². The minimum atomic E-state index is 0.573. The average Bonchev–Trinajstić information content (AvgIpc) is 2.81. The van der Waals surface area contributed by atoms with Gasteiger partial charge in [-0.05, 0) is 90.8 Å². The van der Waals surface area contributed by atoms with Gasteiger partial charge in [0, 0.05) is 16.1 Å². The van der Waals surface area contributed by atoms with E-state index in [0.29, 0.717) is 5.92 Å². The Balaban J connectivity index is 1.73. The Morgan fingerprint density at radius 2 is 1.72 bits per heavy atom. The van der Waals surface area contributed by atoms with Crippen LogP contribution in [0.4, 0.5) is 0 Å². The van der Waals surface area contributed by atoms with E-state index in [2.05, 4.69) is 75.9 Å². The van der Waals surface area contributed by atoms with Crippen molar-refractivity contribution in [2.24, 2.45) is 17.8 Å². The minimum Gasteiger partial charge on any atom is -0.0843 e. The van der Waals surface area contributed by atoms with Gasteiger partial charge in [0.25, 0.3) is 0 Å². The van der Waals surface area contributed by atoms with Crippen molar-refractivity contribution in [3.63, 3.8) is 0 Å². The third kappa shape index (κ3) is 7.15. The van der Waals surface area contributed by atoms with Crippen LogP contribution in [0, 0.1) is 29.6 Å². The van der Waals surface area contributed by atoms with Crippen LogP contribution in [-0.2, 0) is 6.42 Å². The Kier molecular flexibility index (Phi) is 9.74. The van der Waals surface area contributed by atoms with Crippen molar-refractivity contribution in [2.45, 2.75) is 91.4 Å². The number of rotatable bonds is 8. The molecule has 0 spiro atoms. The van der Waals surface area contributed by atoms with E-state index >= 15 is 0 Å². The van der Waals surface area contributed by atoms with Gasteiger partial charge in [0.15, 0.2) is 0 Å². The lowest BCUT2D eigenvalue weighted by Crippen LogP contribution is -2.23. The van der Waals surface area contributed by atoms with Gasteiger partial charge in [0.1, 0.15) is 0 Å². The number of hydrogen-bond acceptors (Lipinski definition) is 0. The zero-order valence-corrected chi connectivity index (χ0v) is 21.3. The molecular formula is C31H41Cl. The number of hydrogen-bond donors (Lipinski definition) is 0. The quantitative estimate of drug-likeness (QED) is 0.278. The Hall–Kier alpha value is -1.71. The van der Waals surface area contributed by atoms with Crippen LogP contribution in [0.25, 0.3) is 0 Å². The van der Waals surface area contributed by atoms with E-state index in [1.165, 1.54) is 68.9 Å². The normalized spacial score (nSPS) is 19.4. The molecule has 0 aromatic heterocycles. The van der Waals surface area contributed by atoms with E-state index < -0.39 is 0 Å². The lowest BCUT2D eigenvalue weighted by molar-refractivity contribution is 0.198. The first-order valence-electron chi connectivity index (χ1n) is 12.9. The number of benzene rings is 2. The summed E-state index contributed by atoms with van der Waals surface area (Å²) in [4.78, 5) is 0. The van der Waals surface area contributed by atoms with Gasteiger partial charge < -0.3 is 0 Å². The molecule has 2 aromatic rings. The third-order valence-corrected chi connectivity index (χ3v) is 7.81. The van der Waals surface area contributed by atoms with Crippen molar-refractivity contribution in [3.05, 3.63) is 69.7 Å². The molecule has 1 fully saturated rings. The van der Waals surface area contributed by atoms with Crippen molar-refractivity contribution < 1.29 is 0 Å². The van der Waals surface area contributed by atoms with Crippen molar-refractivity contribution in [2.75, 3.05) is 0 Å². The molecule has 0 saturated heterocycles. The summed E-state index contributed by atoms with van der Waals surface area (Å²) in [7, 11) is 0. The molecule has 0 radical (unpaired) electrons. The topological polar surface area (TPSA) is 0 Å². The Morgan fingerprint density at radius 1 is 0.938 bits per heavy atom. The molecule has 1 saturated carbocycles. The molecule has 172 valence electrons. The second kappa shape index (κ2) is 12.5. The summed E-state index contributed by atoms with van der Waals surface area (Å²) in [5.41, 5.74) is 5.03. The molecule has 0 aliphatic heterocycles. The van der Waals surface area contributed by atoms with Crippen molar-refractivity contribution in [3.8, 4) is 11.8 Å². The highest BCUT2D eigenvalue weighted by Crippen LogP contribution is 2.42. The summed E-state index contributed by atoms with van der Waals surface area (Å²) >= 11 is 6.43. The summed E-state index contributed by atoms with van der Waals surface area (Å²) in [6, 6.07) is 15.2. The predicted molar refractivity (Wildman–Crippen MR) is 140 cm³/mol. The highest BCUT2D eigenvalue weighted by Gasteiger charge is 2.29. The van der Waals surface area contributed by atoms with Crippen LogP contribution >= 0.6 is 11.6 Å². The van der Waals surface area contributed by atoms with E-state index in [4.69, 9.17) is 11.6 Å². The maximum absolute atomic E-state index is 6.43. The Bertz CT molecular complexity index is 896. The Labute approximate surface area is 202 Å². The summed E-state index contributed by atoms with van der Waals surface area (Å²) in [5.74, 6) is 9.80. The number of aryl methyl sites for hydroxylation is 1. The van der Waals surface area contributed by atoms with E-state index in [-0.39, 0.29) is 0 Å². The summed E-state index contributed by atoms with van der Waals surface area (Å²) < 4.78 is 0. The van der Waals surface area contributed by atoms with E-state index in [1.807, 2.05) is 6.07 Å². The molecule has 2 aromatic carbocycles. The molecule has 1 heteroatoms. The lowest BCUT2D eigenvalue weighted by atomic mass is 9.70. The first-order chi connectivity index (χ1) is 15.5. The van der Waals surface area contributed by atoms with Crippen LogP contribution in [-0.4, -0.2) is 0 Å². The van der Waals surface area contributed by atoms with Crippen LogP contribution in [0.5, 0.6) is 0 Å². The van der Waals surface area contributed by atoms with Crippen LogP contribution in [0.1, 0.15) is 107 Å². The first kappa shape index (κ1) is 24.9. The van der Waals surface area contributed by atoms with Crippen LogP contribution in [0.3, 0.4) is 0 Å². The van der Waals surface area contributed by atoms with Gasteiger partial charge in [-0.2, -0.15) is 0 Å². The molecule has 0 N–H and O–H groups in total. The van der Waals surface area contributed by atoms with Crippen molar-refractivity contribution >= 4 is 11.6 Å². The standard InChI is InChI=1S/C31H41Cl/c1-5-6-7-8-10-25-13-15-26(16-14-25)17-18-27-19-20-30(32)22-31(27)29-12-9-11-28(21-29)24(4)23(2)3/h13-16,19-20,22-24,28-29H,5-12,21H2,1-4H3. The smallest absolute Gasteiger partial charge is 0.0409 e. The zero-order valence-electron chi connectivity index (χ0n) is 20.6. The molecule has 0 amide bonds. The summed E-state index contributed by atoms with van der Waals surface area (Å²) in [6.45, 7) is 9.42. The molecule has 32 heavy (non-hydrogen) atoms. The minimum absolute atomic E-state index is 0.573. The van der Waals surface area contributed by atoms with Crippen molar-refractivity contribution in [1.82, 2.24) is 0 Å². The molecule has 1 aliphatic carbocycles. The highest BCUT2D eigenvalue weighted by atomic mass is 35.5. The maximum atomic E-state index is 6.43. The molecule has 3 unspecified atom stereocenters. The number of unbranched alkanes of at least 4 members (excludes halogenated alkanes) is 3. The average molecular weight is 449 g/mol. The number of halogens is 1. The van der Waals surface area contributed by atoms with Crippen LogP contribution < -0.4 is 0 Å². The second-order valence-corrected chi connectivity index (χ2v) is 10.7. The van der Waals surface area contributed by atoms with Gasteiger partial charge >= 0.3 is 0 Å². The van der Waals surface area contributed by atoms with E-state index in [9.17, 15) is 0 Å². The Morgan fingerprint density at radius 3 is 2.44 bits per heavy atom. The first-order valence-corrected chi connectivity index (χ1v) is 13.3. The van der Waals surface area contributed by atoms with Gasteiger partial charge in [-0.3, -0.25) is 0 Å². The highest BCUT2D eigenvalue weighted by molar-refractivity contribution is 6.30. The largest absolute Gasteiger partial charge is 0.0843 e. The maximum Gasteiger partial charge on any atom is 0.0409 e. The van der Waals surface area contributed by atoms with Crippen LogP contribution in [0.15, 0.2) is 42.5 Å². The fourth-order valence-corrected chi connectivity index (χ4v) is 5.35. The fraction of sp³-hybridized carbons (Fsp3) is 0.548. The summed E-state index contributed by atoms with van der Waals surface area (Å²) in [6.07, 6.45) is 11.6. The molecule has 0 heterocycles. The van der Waals surface area contributed by atoms with E-state index in [1.54, 1.807) is 0 Å². The third-order valence-electron chi connectivity index (χ3n) is 7.58. The van der Waals surface area contributed by atoms with E-state index in [0.717, 1.165) is 33.9 Å². The molecule has 1 aliphatic rings. The van der Waals surface area contributed by atoms with Gasteiger partial charge in [-0.25, -0.2) is 0 Å². The molecule has 0 nitrogen and oxygen atoms in total. The fourth-order valence-electron chi connectivity index (χ4n) is 5.17. The predicted octanol–water partition coefficient (Wildman–Crippen LogP) is 9.43. The zero-order chi connectivity index (χ0) is 22.9. The second-order valence-electron chi connectivity index (χ2n) is 10.2. The van der Waals surface area contributed by atoms with Crippen molar-refractivity contribution in [1.29, 1.82) is 0 Å². The SMILES string of the molecule is CCCCCCc1ccc(C#Cc2ccc(Cl)cc2C2CCCC(C(C)C(C)C)C2)cc1. The molecule has 3 atom stereocenters. The van der Waals surface area contributed by atoms with Gasteiger partial charge in [-0.1, -0.05) is 95.4 Å². The summed E-state index contributed by atoms with van der Waals surface area (Å²) in [5, 5.41) is 0.831. The van der Waals surface area contributed by atoms with Gasteiger partial charge in [-0.15, -0.1) is 0 Å². The molecule has 3 rings (SSSR count).